The van der Waals surface area contributed by atoms with Gasteiger partial charge in [-0.3, -0.25) is 4.99 Å². The molecule has 0 aromatic heterocycles. The van der Waals surface area contributed by atoms with E-state index < -0.39 is 0 Å². The summed E-state index contributed by atoms with van der Waals surface area (Å²) in [6.45, 7) is 8.00. The maximum Gasteiger partial charge on any atom is 0.195 e. The summed E-state index contributed by atoms with van der Waals surface area (Å²) in [7, 11) is 6.15. The van der Waals surface area contributed by atoms with Crippen molar-refractivity contribution >= 4 is 14.8 Å². The Hall–Kier alpha value is -0.513. The monoisotopic (exact) mass is 424 g/mol. The van der Waals surface area contributed by atoms with Gasteiger partial charge in [0.15, 0.2) is 5.96 Å². The molecule has 0 aliphatic carbocycles. The summed E-state index contributed by atoms with van der Waals surface area (Å²) in [6.07, 6.45) is 23.9. The largest absolute Gasteiger partial charge is 0.349 e. The fourth-order valence-corrected chi connectivity index (χ4v) is 5.08. The van der Waals surface area contributed by atoms with Crippen molar-refractivity contribution in [2.45, 2.75) is 123 Å². The normalized spacial score (nSPS) is 12.0. The van der Waals surface area contributed by atoms with E-state index in [2.05, 4.69) is 51.0 Å². The molecule has 0 rings (SSSR count). The van der Waals surface area contributed by atoms with Gasteiger partial charge in [-0.25, -0.2) is 0 Å². The molecule has 0 saturated heterocycles. The van der Waals surface area contributed by atoms with Gasteiger partial charge in [-0.05, 0) is 6.42 Å². The number of unbranched alkanes of at least 4 members (excludes halogenated alkanes) is 15. The highest BCUT2D eigenvalue weighted by Crippen LogP contribution is 2.13. The summed E-state index contributed by atoms with van der Waals surface area (Å²) in [5.41, 5.74) is 0. The van der Waals surface area contributed by atoms with Crippen LogP contribution < -0.4 is 0 Å². The van der Waals surface area contributed by atoms with Gasteiger partial charge in [-0.2, -0.15) is 0 Å². The first-order valence-electron chi connectivity index (χ1n) is 12.7. The van der Waals surface area contributed by atoms with Gasteiger partial charge in [-0.15, -0.1) is 0 Å². The van der Waals surface area contributed by atoms with Gasteiger partial charge in [0.1, 0.15) is 0 Å². The molecule has 173 valence electrons. The number of nitrogens with zero attached hydrogens (tertiary/aromatic N) is 3. The molecular weight excluding hydrogens is 370 g/mol. The van der Waals surface area contributed by atoms with Crippen molar-refractivity contribution in [2.75, 3.05) is 33.9 Å². The summed E-state index contributed by atoms with van der Waals surface area (Å²) < 4.78 is 0. The highest BCUT2D eigenvalue weighted by atomic mass is 28.3. The lowest BCUT2D eigenvalue weighted by molar-refractivity contribution is 0.461. The lowest BCUT2D eigenvalue weighted by Crippen LogP contribution is -2.42. The summed E-state index contributed by atoms with van der Waals surface area (Å²) in [5.74, 6) is 1.15. The Balaban J connectivity index is 3.48. The van der Waals surface area contributed by atoms with Crippen LogP contribution in [-0.4, -0.2) is 58.4 Å². The number of guanidine groups is 1. The van der Waals surface area contributed by atoms with Crippen molar-refractivity contribution in [3.63, 3.8) is 0 Å². The lowest BCUT2D eigenvalue weighted by Gasteiger charge is -2.27. The SMILES string of the molecule is CCCCCCCCCCCCCCCCCCN=C(N(C)C)N(C)C[Si](C)C. The van der Waals surface area contributed by atoms with Crippen LogP contribution in [0.25, 0.3) is 0 Å². The second-order valence-corrected chi connectivity index (χ2v) is 12.2. The average molecular weight is 425 g/mol. The first-order chi connectivity index (χ1) is 14.0. The third kappa shape index (κ3) is 19.2. The van der Waals surface area contributed by atoms with Crippen molar-refractivity contribution in [1.29, 1.82) is 0 Å². The molecular formula is C25H54N3Si. The maximum absolute atomic E-state index is 4.86. The zero-order valence-electron chi connectivity index (χ0n) is 21.1. The van der Waals surface area contributed by atoms with E-state index in [0.29, 0.717) is 0 Å². The van der Waals surface area contributed by atoms with Gasteiger partial charge in [0.05, 0.1) is 8.80 Å². The van der Waals surface area contributed by atoms with E-state index in [1.165, 1.54) is 109 Å². The number of rotatable bonds is 19. The molecule has 0 fully saturated rings. The first kappa shape index (κ1) is 28.5. The molecule has 0 aromatic rings. The van der Waals surface area contributed by atoms with Crippen molar-refractivity contribution in [3.8, 4) is 0 Å². The molecule has 0 aliphatic rings. The molecule has 0 amide bonds. The lowest BCUT2D eigenvalue weighted by atomic mass is 10.0. The first-order valence-corrected chi connectivity index (χ1v) is 15.4. The van der Waals surface area contributed by atoms with Crippen LogP contribution in [0.1, 0.15) is 110 Å². The molecule has 0 heterocycles. The molecule has 0 saturated carbocycles. The van der Waals surface area contributed by atoms with E-state index in [1.54, 1.807) is 0 Å². The fourth-order valence-electron chi connectivity index (χ4n) is 3.99. The molecule has 0 bridgehead atoms. The summed E-state index contributed by atoms with van der Waals surface area (Å²) in [4.78, 5) is 9.36. The number of hydrogen-bond acceptors (Lipinski definition) is 1. The standard InChI is InChI=1S/C25H54N3Si/c1-7-8-9-10-11-12-13-14-15-16-17-18-19-20-21-22-23-26-25(27(2)3)28(4)24-29(5)6/h7-24H2,1-6H3. The van der Waals surface area contributed by atoms with Crippen LogP contribution in [0.2, 0.25) is 13.1 Å². The third-order valence-electron chi connectivity index (χ3n) is 5.56. The number of hydrogen-bond donors (Lipinski definition) is 0. The molecule has 3 nitrogen and oxygen atoms in total. The molecule has 29 heavy (non-hydrogen) atoms. The summed E-state index contributed by atoms with van der Waals surface area (Å²) in [6, 6.07) is 0. The summed E-state index contributed by atoms with van der Waals surface area (Å²) in [5, 5.41) is 0. The minimum Gasteiger partial charge on any atom is -0.349 e. The van der Waals surface area contributed by atoms with E-state index in [9.17, 15) is 0 Å². The zero-order chi connectivity index (χ0) is 21.7. The van der Waals surface area contributed by atoms with E-state index in [4.69, 9.17) is 4.99 Å². The predicted molar refractivity (Wildman–Crippen MR) is 136 cm³/mol. The molecule has 0 aromatic carbocycles. The van der Waals surface area contributed by atoms with Crippen LogP contribution in [0.5, 0.6) is 0 Å². The van der Waals surface area contributed by atoms with Gasteiger partial charge in [0.25, 0.3) is 0 Å². The Bertz CT molecular complexity index is 369. The van der Waals surface area contributed by atoms with Gasteiger partial charge in [0.2, 0.25) is 0 Å². The topological polar surface area (TPSA) is 18.8 Å². The smallest absolute Gasteiger partial charge is 0.195 e. The Kier molecular flexibility index (Phi) is 20.4. The van der Waals surface area contributed by atoms with Crippen LogP contribution in [0.4, 0.5) is 0 Å². The Labute approximate surface area is 186 Å². The molecule has 0 unspecified atom stereocenters. The Morgan fingerprint density at radius 3 is 1.34 bits per heavy atom. The minimum absolute atomic E-state index is 0.254. The van der Waals surface area contributed by atoms with Gasteiger partial charge in [0, 0.05) is 33.9 Å². The van der Waals surface area contributed by atoms with Gasteiger partial charge >= 0.3 is 0 Å². The van der Waals surface area contributed by atoms with Crippen molar-refractivity contribution in [1.82, 2.24) is 9.80 Å². The molecule has 0 atom stereocenters. The maximum atomic E-state index is 4.86. The van der Waals surface area contributed by atoms with Crippen molar-refractivity contribution < 1.29 is 0 Å². The summed E-state index contributed by atoms with van der Waals surface area (Å²) >= 11 is 0. The van der Waals surface area contributed by atoms with Crippen LogP contribution in [-0.2, 0) is 0 Å². The van der Waals surface area contributed by atoms with E-state index in [1.807, 2.05) is 0 Å². The average Bonchev–Trinajstić information content (AvgIpc) is 2.66. The van der Waals surface area contributed by atoms with Crippen molar-refractivity contribution in [2.24, 2.45) is 4.99 Å². The zero-order valence-corrected chi connectivity index (χ0v) is 22.1. The van der Waals surface area contributed by atoms with Crippen LogP contribution in [0, 0.1) is 0 Å². The highest BCUT2D eigenvalue weighted by Gasteiger charge is 2.10. The minimum atomic E-state index is -0.254. The Morgan fingerprint density at radius 1 is 0.621 bits per heavy atom. The van der Waals surface area contributed by atoms with Gasteiger partial charge in [-0.1, -0.05) is 116 Å². The third-order valence-corrected chi connectivity index (χ3v) is 6.67. The second kappa shape index (κ2) is 20.7. The quantitative estimate of drug-likeness (QED) is 0.0931. The van der Waals surface area contributed by atoms with Crippen LogP contribution in [0.15, 0.2) is 4.99 Å². The number of aliphatic imine (C=N–C) groups is 1. The predicted octanol–water partition coefficient (Wildman–Crippen LogP) is 7.39. The Morgan fingerprint density at radius 2 is 1.00 bits per heavy atom. The molecule has 1 radical (unpaired) electrons. The van der Waals surface area contributed by atoms with Crippen LogP contribution >= 0.6 is 0 Å². The van der Waals surface area contributed by atoms with E-state index in [0.717, 1.165) is 12.5 Å². The second-order valence-electron chi connectivity index (χ2n) is 9.44. The van der Waals surface area contributed by atoms with Crippen molar-refractivity contribution in [3.05, 3.63) is 0 Å². The van der Waals surface area contributed by atoms with Gasteiger partial charge < -0.3 is 9.80 Å². The fraction of sp³-hybridized carbons (Fsp3) is 0.960. The molecule has 0 N–H and O–H groups in total. The molecule has 4 heteroatoms. The van der Waals surface area contributed by atoms with E-state index in [-0.39, 0.29) is 8.80 Å². The highest BCUT2D eigenvalue weighted by molar-refractivity contribution is 6.56. The molecule has 0 spiro atoms. The van der Waals surface area contributed by atoms with Crippen LogP contribution in [0.3, 0.4) is 0 Å². The van der Waals surface area contributed by atoms with E-state index >= 15 is 0 Å². The molecule has 0 aliphatic heterocycles.